The Bertz CT molecular complexity index is 363. The molecule has 3 heteroatoms. The first-order valence-corrected chi connectivity index (χ1v) is 4.52. The molecule has 0 atom stereocenters. The number of aromatic nitrogens is 1. The van der Waals surface area contributed by atoms with Crippen LogP contribution >= 0.6 is 0 Å². The van der Waals surface area contributed by atoms with E-state index in [-0.39, 0.29) is 0 Å². The third-order valence-corrected chi connectivity index (χ3v) is 1.97. The lowest BCUT2D eigenvalue weighted by Crippen LogP contribution is -2.05. The van der Waals surface area contributed by atoms with Crippen molar-refractivity contribution in [2.45, 2.75) is 13.3 Å². The molecule has 0 aliphatic rings. The number of nitrogens with zero attached hydrogens (tertiary/aromatic N) is 2. The average Bonchev–Trinajstić information content (AvgIpc) is 2.26. The van der Waals surface area contributed by atoms with Crippen LogP contribution in [-0.4, -0.2) is 11.5 Å². The van der Waals surface area contributed by atoms with Crippen molar-refractivity contribution in [2.75, 3.05) is 11.9 Å². The predicted octanol–water partition coefficient (Wildman–Crippen LogP) is 2.33. The molecule has 0 aliphatic carbocycles. The molecule has 0 saturated heterocycles. The highest BCUT2D eigenvalue weighted by atomic mass is 14.9. The summed E-state index contributed by atoms with van der Waals surface area (Å²) in [7, 11) is 0. The number of pyridine rings is 1. The van der Waals surface area contributed by atoms with Crippen molar-refractivity contribution in [1.82, 2.24) is 4.98 Å². The lowest BCUT2D eigenvalue weighted by molar-refractivity contribution is 1.05. The molecule has 0 aliphatic heterocycles. The van der Waals surface area contributed by atoms with Crippen molar-refractivity contribution in [1.29, 1.82) is 5.26 Å². The first-order chi connectivity index (χ1) is 6.77. The molecule has 1 rings (SSSR count). The van der Waals surface area contributed by atoms with Crippen molar-refractivity contribution in [3.05, 3.63) is 36.2 Å². The monoisotopic (exact) mass is 187 g/mol. The van der Waals surface area contributed by atoms with Crippen molar-refractivity contribution < 1.29 is 0 Å². The molecule has 0 aromatic carbocycles. The van der Waals surface area contributed by atoms with E-state index in [1.165, 1.54) is 0 Å². The molecule has 1 aromatic heterocycles. The van der Waals surface area contributed by atoms with Crippen LogP contribution in [0, 0.1) is 11.3 Å². The highest BCUT2D eigenvalue weighted by molar-refractivity contribution is 5.55. The van der Waals surface area contributed by atoms with E-state index in [1.807, 2.05) is 0 Å². The molecule has 0 bridgehead atoms. The number of hydrogen-bond acceptors (Lipinski definition) is 3. The van der Waals surface area contributed by atoms with Gasteiger partial charge >= 0.3 is 0 Å². The van der Waals surface area contributed by atoms with Crippen LogP contribution in [0.3, 0.4) is 0 Å². The number of nitrogens with one attached hydrogen (secondary N) is 1. The molecule has 1 aromatic rings. The summed E-state index contributed by atoms with van der Waals surface area (Å²) in [6, 6.07) is 3.80. The van der Waals surface area contributed by atoms with Gasteiger partial charge in [-0.3, -0.25) is 4.98 Å². The summed E-state index contributed by atoms with van der Waals surface area (Å²) in [6.45, 7) is 6.62. The van der Waals surface area contributed by atoms with Crippen LogP contribution < -0.4 is 5.32 Å². The van der Waals surface area contributed by atoms with E-state index in [0.717, 1.165) is 17.7 Å². The Kier molecular flexibility index (Phi) is 3.69. The SMILES string of the molecule is C=C(CC)CNc1cnccc1C#N. The predicted molar refractivity (Wildman–Crippen MR) is 56.9 cm³/mol. The zero-order valence-corrected chi connectivity index (χ0v) is 8.25. The van der Waals surface area contributed by atoms with Crippen LogP contribution in [0.15, 0.2) is 30.6 Å². The minimum Gasteiger partial charge on any atom is -0.379 e. The number of rotatable bonds is 4. The van der Waals surface area contributed by atoms with E-state index >= 15 is 0 Å². The summed E-state index contributed by atoms with van der Waals surface area (Å²) >= 11 is 0. The fourth-order valence-corrected chi connectivity index (χ4v) is 0.978. The second kappa shape index (κ2) is 5.03. The van der Waals surface area contributed by atoms with Crippen molar-refractivity contribution in [3.63, 3.8) is 0 Å². The minimum atomic E-state index is 0.615. The van der Waals surface area contributed by atoms with Gasteiger partial charge in [-0.05, 0) is 12.5 Å². The Balaban J connectivity index is 2.68. The minimum absolute atomic E-state index is 0.615. The van der Waals surface area contributed by atoms with Gasteiger partial charge in [0.1, 0.15) is 6.07 Å². The summed E-state index contributed by atoms with van der Waals surface area (Å²) < 4.78 is 0. The zero-order chi connectivity index (χ0) is 10.4. The number of nitriles is 1. The quantitative estimate of drug-likeness (QED) is 0.736. The Morgan fingerprint density at radius 3 is 3.14 bits per heavy atom. The van der Waals surface area contributed by atoms with E-state index in [2.05, 4.69) is 29.9 Å². The average molecular weight is 187 g/mol. The van der Waals surface area contributed by atoms with Gasteiger partial charge < -0.3 is 5.32 Å². The Hall–Kier alpha value is -1.82. The van der Waals surface area contributed by atoms with Crippen molar-refractivity contribution in [2.24, 2.45) is 0 Å². The van der Waals surface area contributed by atoms with Gasteiger partial charge in [-0.2, -0.15) is 5.26 Å². The Labute approximate surface area is 84.1 Å². The van der Waals surface area contributed by atoms with Crippen molar-refractivity contribution >= 4 is 5.69 Å². The fraction of sp³-hybridized carbons (Fsp3) is 0.273. The smallest absolute Gasteiger partial charge is 0.101 e. The molecule has 1 heterocycles. The van der Waals surface area contributed by atoms with Crippen LogP contribution in [-0.2, 0) is 0 Å². The second-order valence-electron chi connectivity index (χ2n) is 2.99. The molecule has 3 nitrogen and oxygen atoms in total. The first kappa shape index (κ1) is 10.3. The lowest BCUT2D eigenvalue weighted by atomic mass is 10.2. The Morgan fingerprint density at radius 1 is 1.71 bits per heavy atom. The normalized spacial score (nSPS) is 9.14. The topological polar surface area (TPSA) is 48.7 Å². The molecule has 14 heavy (non-hydrogen) atoms. The summed E-state index contributed by atoms with van der Waals surface area (Å²) in [5, 5.41) is 11.9. The maximum atomic E-state index is 8.80. The van der Waals surface area contributed by atoms with E-state index in [9.17, 15) is 0 Å². The largest absolute Gasteiger partial charge is 0.379 e. The van der Waals surface area contributed by atoms with Gasteiger partial charge in [-0.1, -0.05) is 19.1 Å². The molecular formula is C11H13N3. The van der Waals surface area contributed by atoms with Gasteiger partial charge in [-0.25, -0.2) is 0 Å². The standard InChI is InChI=1S/C11H13N3/c1-3-9(2)7-14-11-8-13-5-4-10(11)6-12/h4-5,8,14H,2-3,7H2,1H3. The van der Waals surface area contributed by atoms with Gasteiger partial charge in [0.15, 0.2) is 0 Å². The maximum Gasteiger partial charge on any atom is 0.101 e. The third kappa shape index (κ3) is 2.60. The third-order valence-electron chi connectivity index (χ3n) is 1.97. The van der Waals surface area contributed by atoms with E-state index in [1.54, 1.807) is 18.5 Å². The fourth-order valence-electron chi connectivity index (χ4n) is 0.978. The maximum absolute atomic E-state index is 8.80. The molecular weight excluding hydrogens is 174 g/mol. The van der Waals surface area contributed by atoms with Gasteiger partial charge in [0, 0.05) is 12.7 Å². The van der Waals surface area contributed by atoms with Crippen LogP contribution in [0.2, 0.25) is 0 Å². The van der Waals surface area contributed by atoms with Crippen LogP contribution in [0.4, 0.5) is 5.69 Å². The van der Waals surface area contributed by atoms with E-state index in [4.69, 9.17) is 5.26 Å². The Morgan fingerprint density at radius 2 is 2.50 bits per heavy atom. The molecule has 0 amide bonds. The van der Waals surface area contributed by atoms with Crippen LogP contribution in [0.25, 0.3) is 0 Å². The van der Waals surface area contributed by atoms with E-state index in [0.29, 0.717) is 12.1 Å². The van der Waals surface area contributed by atoms with Gasteiger partial charge in [0.25, 0.3) is 0 Å². The van der Waals surface area contributed by atoms with E-state index < -0.39 is 0 Å². The first-order valence-electron chi connectivity index (χ1n) is 4.52. The summed E-state index contributed by atoms with van der Waals surface area (Å²) in [4.78, 5) is 3.95. The summed E-state index contributed by atoms with van der Waals surface area (Å²) in [6.07, 6.45) is 4.20. The highest BCUT2D eigenvalue weighted by Crippen LogP contribution is 2.12. The molecule has 0 unspecified atom stereocenters. The van der Waals surface area contributed by atoms with Gasteiger partial charge in [0.05, 0.1) is 17.4 Å². The van der Waals surface area contributed by atoms with Gasteiger partial charge in [0.2, 0.25) is 0 Å². The number of anilines is 1. The zero-order valence-electron chi connectivity index (χ0n) is 8.25. The highest BCUT2D eigenvalue weighted by Gasteiger charge is 1.99. The molecule has 72 valence electrons. The molecule has 0 radical (unpaired) electrons. The van der Waals surface area contributed by atoms with Gasteiger partial charge in [-0.15, -0.1) is 0 Å². The second-order valence-corrected chi connectivity index (χ2v) is 2.99. The summed E-state index contributed by atoms with van der Waals surface area (Å²) in [5.74, 6) is 0. The van der Waals surface area contributed by atoms with Crippen LogP contribution in [0.5, 0.6) is 0 Å². The molecule has 1 N–H and O–H groups in total. The summed E-state index contributed by atoms with van der Waals surface area (Å²) in [5.41, 5.74) is 2.49. The van der Waals surface area contributed by atoms with Crippen molar-refractivity contribution in [3.8, 4) is 6.07 Å². The molecule has 0 saturated carbocycles. The number of hydrogen-bond donors (Lipinski definition) is 1. The van der Waals surface area contributed by atoms with Crippen LogP contribution in [0.1, 0.15) is 18.9 Å². The lowest BCUT2D eigenvalue weighted by Gasteiger charge is -2.07. The molecule has 0 fully saturated rings. The molecule has 0 spiro atoms.